The molecule has 8 heteroatoms. The summed E-state index contributed by atoms with van der Waals surface area (Å²) < 4.78 is 52.8. The monoisotopic (exact) mass is 376 g/mol. The topological polar surface area (TPSA) is 72.2 Å². The summed E-state index contributed by atoms with van der Waals surface area (Å²) in [5, 5.41) is 0. The third-order valence-corrected chi connectivity index (χ3v) is 4.51. The Morgan fingerprint density at radius 1 is 1.14 bits per heavy atom. The van der Waals surface area contributed by atoms with Crippen LogP contribution in [0.25, 0.3) is 0 Å². The molecule has 0 aliphatic rings. The third kappa shape index (κ3) is 3.92. The van der Waals surface area contributed by atoms with E-state index in [1.165, 1.54) is 0 Å². The molecule has 2 rings (SSSR count). The first-order valence-electron chi connectivity index (χ1n) is 5.77. The zero-order valence-electron chi connectivity index (χ0n) is 10.6. The van der Waals surface area contributed by atoms with Gasteiger partial charge in [0.2, 0.25) is 10.0 Å². The van der Waals surface area contributed by atoms with E-state index in [9.17, 15) is 17.2 Å². The van der Waals surface area contributed by atoms with E-state index < -0.39 is 27.4 Å². The molecule has 0 aliphatic heterocycles. The van der Waals surface area contributed by atoms with E-state index in [2.05, 4.69) is 20.7 Å². The van der Waals surface area contributed by atoms with Crippen LogP contribution in [0.2, 0.25) is 0 Å². The molecule has 4 nitrogen and oxygen atoms in total. The number of rotatable bonds is 4. The quantitative estimate of drug-likeness (QED) is 0.635. The molecule has 0 bridgehead atoms. The van der Waals surface area contributed by atoms with Crippen molar-refractivity contribution in [2.24, 2.45) is 0 Å². The summed E-state index contributed by atoms with van der Waals surface area (Å²) in [6.07, 6.45) is 0. The van der Waals surface area contributed by atoms with Crippen molar-refractivity contribution in [1.82, 2.24) is 0 Å². The van der Waals surface area contributed by atoms with E-state index in [4.69, 9.17) is 5.73 Å². The van der Waals surface area contributed by atoms with Crippen molar-refractivity contribution < 1.29 is 17.2 Å². The van der Waals surface area contributed by atoms with Gasteiger partial charge in [-0.25, -0.2) is 17.2 Å². The highest BCUT2D eigenvalue weighted by Crippen LogP contribution is 2.25. The van der Waals surface area contributed by atoms with Crippen LogP contribution in [0.4, 0.5) is 20.2 Å². The Bertz CT molecular complexity index is 782. The minimum atomic E-state index is -3.88. The number of benzene rings is 2. The zero-order valence-corrected chi connectivity index (χ0v) is 13.0. The van der Waals surface area contributed by atoms with E-state index >= 15 is 0 Å². The van der Waals surface area contributed by atoms with Gasteiger partial charge >= 0.3 is 0 Å². The molecule has 0 saturated carbocycles. The lowest BCUT2D eigenvalue weighted by molar-refractivity contribution is 0.579. The number of hydrogen-bond acceptors (Lipinski definition) is 3. The molecule has 0 radical (unpaired) electrons. The highest BCUT2D eigenvalue weighted by molar-refractivity contribution is 9.10. The second-order valence-electron chi connectivity index (χ2n) is 4.31. The van der Waals surface area contributed by atoms with Crippen molar-refractivity contribution in [3.63, 3.8) is 0 Å². The van der Waals surface area contributed by atoms with Gasteiger partial charge in [-0.05, 0) is 33.6 Å². The van der Waals surface area contributed by atoms with Crippen molar-refractivity contribution in [1.29, 1.82) is 0 Å². The summed E-state index contributed by atoms with van der Waals surface area (Å²) in [6, 6.07) is 8.08. The average molecular weight is 377 g/mol. The van der Waals surface area contributed by atoms with Crippen LogP contribution in [-0.4, -0.2) is 8.42 Å². The van der Waals surface area contributed by atoms with Crippen molar-refractivity contribution in [3.8, 4) is 0 Å². The van der Waals surface area contributed by atoms with Crippen LogP contribution in [0.15, 0.2) is 40.9 Å². The Morgan fingerprint density at radius 2 is 1.81 bits per heavy atom. The van der Waals surface area contributed by atoms with Crippen molar-refractivity contribution in [2.45, 2.75) is 5.75 Å². The zero-order chi connectivity index (χ0) is 15.6. The highest BCUT2D eigenvalue weighted by atomic mass is 79.9. The molecule has 3 N–H and O–H groups in total. The van der Waals surface area contributed by atoms with Crippen LogP contribution in [-0.2, 0) is 15.8 Å². The maximum absolute atomic E-state index is 13.6. The lowest BCUT2D eigenvalue weighted by atomic mass is 10.2. The van der Waals surface area contributed by atoms with Gasteiger partial charge in [0.05, 0.1) is 15.9 Å². The third-order valence-electron chi connectivity index (χ3n) is 2.68. The number of nitrogens with two attached hydrogens (primary N) is 1. The van der Waals surface area contributed by atoms with Crippen LogP contribution in [0.5, 0.6) is 0 Å². The molecule has 0 aromatic heterocycles. The maximum Gasteiger partial charge on any atom is 0.237 e. The molecule has 0 atom stereocenters. The van der Waals surface area contributed by atoms with Crippen molar-refractivity contribution in [3.05, 3.63) is 58.1 Å². The summed E-state index contributed by atoms with van der Waals surface area (Å²) in [5.41, 5.74) is 6.05. The van der Waals surface area contributed by atoms with Crippen LogP contribution in [0.1, 0.15) is 5.56 Å². The Balaban J connectivity index is 2.26. The molecule has 2 aromatic carbocycles. The largest absolute Gasteiger partial charge is 0.398 e. The maximum atomic E-state index is 13.6. The molecule has 0 saturated heterocycles. The normalized spacial score (nSPS) is 11.4. The number of halogens is 3. The van der Waals surface area contributed by atoms with Gasteiger partial charge in [0, 0.05) is 11.8 Å². The molecule has 0 fully saturated rings. The minimum Gasteiger partial charge on any atom is -0.398 e. The van der Waals surface area contributed by atoms with Gasteiger partial charge in [-0.3, -0.25) is 4.72 Å². The Morgan fingerprint density at radius 3 is 2.48 bits per heavy atom. The predicted molar refractivity (Wildman–Crippen MR) is 81.2 cm³/mol. The average Bonchev–Trinajstić information content (AvgIpc) is 2.38. The van der Waals surface area contributed by atoms with Crippen LogP contribution in [0.3, 0.4) is 0 Å². The SMILES string of the molecule is Nc1ccccc1CS(=O)(=O)Nc1cc(Br)c(F)cc1F. The van der Waals surface area contributed by atoms with Gasteiger partial charge in [0.15, 0.2) is 0 Å². The van der Waals surface area contributed by atoms with Crippen molar-refractivity contribution in [2.75, 3.05) is 10.5 Å². The fraction of sp³-hybridized carbons (Fsp3) is 0.0769. The second-order valence-corrected chi connectivity index (χ2v) is 6.88. The van der Waals surface area contributed by atoms with E-state index in [-0.39, 0.29) is 10.2 Å². The van der Waals surface area contributed by atoms with E-state index in [1.54, 1.807) is 24.3 Å². The Hall–Kier alpha value is -1.67. The number of sulfonamides is 1. The fourth-order valence-corrected chi connectivity index (χ4v) is 3.25. The van der Waals surface area contributed by atoms with Gasteiger partial charge in [-0.2, -0.15) is 0 Å². The smallest absolute Gasteiger partial charge is 0.237 e. The predicted octanol–water partition coefficient (Wildman–Crippen LogP) is 3.25. The summed E-state index contributed by atoms with van der Waals surface area (Å²) in [6.45, 7) is 0. The molecule has 0 heterocycles. The number of hydrogen-bond donors (Lipinski definition) is 2. The number of nitrogen functional groups attached to an aromatic ring is 1. The summed E-state index contributed by atoms with van der Waals surface area (Å²) in [7, 11) is -3.88. The van der Waals surface area contributed by atoms with Crippen LogP contribution in [0, 0.1) is 11.6 Å². The summed E-state index contributed by atoms with van der Waals surface area (Å²) in [5.74, 6) is -2.23. The van der Waals surface area contributed by atoms with E-state index in [0.717, 1.165) is 6.07 Å². The first kappa shape index (κ1) is 15.7. The standard InChI is InChI=1S/C13H11BrF2N2O2S/c14-9-5-13(11(16)6-10(9)15)18-21(19,20)7-8-3-1-2-4-12(8)17/h1-6,18H,7,17H2. The Labute approximate surface area is 129 Å². The van der Waals surface area contributed by atoms with Gasteiger partial charge < -0.3 is 5.73 Å². The summed E-state index contributed by atoms with van der Waals surface area (Å²) in [4.78, 5) is 0. The molecule has 0 spiro atoms. The highest BCUT2D eigenvalue weighted by Gasteiger charge is 2.17. The number of anilines is 2. The lowest BCUT2D eigenvalue weighted by Crippen LogP contribution is -2.17. The number of para-hydroxylation sites is 1. The van der Waals surface area contributed by atoms with E-state index in [1.807, 2.05) is 0 Å². The first-order chi connectivity index (χ1) is 9.78. The molecule has 21 heavy (non-hydrogen) atoms. The molecular weight excluding hydrogens is 366 g/mol. The molecular formula is C13H11BrF2N2O2S. The molecule has 0 unspecified atom stereocenters. The van der Waals surface area contributed by atoms with Crippen LogP contribution >= 0.6 is 15.9 Å². The van der Waals surface area contributed by atoms with E-state index in [0.29, 0.717) is 17.3 Å². The minimum absolute atomic E-state index is 0.0409. The van der Waals surface area contributed by atoms with Crippen LogP contribution < -0.4 is 10.5 Å². The molecule has 112 valence electrons. The van der Waals surface area contributed by atoms with Crippen molar-refractivity contribution >= 4 is 37.3 Å². The molecule has 0 aliphatic carbocycles. The second kappa shape index (κ2) is 5.98. The van der Waals surface area contributed by atoms with Gasteiger partial charge in [0.25, 0.3) is 0 Å². The Kier molecular flexibility index (Phi) is 4.48. The number of nitrogens with one attached hydrogen (secondary N) is 1. The summed E-state index contributed by atoms with van der Waals surface area (Å²) >= 11 is 2.87. The molecule has 0 amide bonds. The van der Waals surface area contributed by atoms with Gasteiger partial charge in [-0.1, -0.05) is 18.2 Å². The fourth-order valence-electron chi connectivity index (χ4n) is 1.67. The molecule has 2 aromatic rings. The lowest BCUT2D eigenvalue weighted by Gasteiger charge is -2.11. The van der Waals surface area contributed by atoms with Gasteiger partial charge in [0.1, 0.15) is 11.6 Å². The first-order valence-corrected chi connectivity index (χ1v) is 8.21. The van der Waals surface area contributed by atoms with Gasteiger partial charge in [-0.15, -0.1) is 0 Å².